The minimum absolute atomic E-state index is 0.0469. The fourth-order valence-corrected chi connectivity index (χ4v) is 3.33. The van der Waals surface area contributed by atoms with Gasteiger partial charge in [-0.2, -0.15) is 5.10 Å². The van der Waals surface area contributed by atoms with Crippen LogP contribution >= 0.6 is 0 Å². The molecule has 1 unspecified atom stereocenters. The number of nitrogens with zero attached hydrogens (tertiary/aromatic N) is 6. The Morgan fingerprint density at radius 1 is 1.26 bits per heavy atom. The molecule has 0 spiro atoms. The van der Waals surface area contributed by atoms with Gasteiger partial charge in [0, 0.05) is 39.8 Å². The molecule has 0 radical (unpaired) electrons. The standard InChI is InChI=1S/C15H20N6O2/c1-19-13-12(8-18-19)14(17-10-16-13)20-3-5-21(6-4-20)15(22)11-2-7-23-9-11/h8,10-11H,2-7,9H2,1H3. The van der Waals surface area contributed by atoms with E-state index in [-0.39, 0.29) is 11.8 Å². The maximum Gasteiger partial charge on any atom is 0.228 e. The Labute approximate surface area is 134 Å². The Morgan fingerprint density at radius 2 is 2.09 bits per heavy atom. The van der Waals surface area contributed by atoms with Crippen LogP contribution in [0.25, 0.3) is 11.0 Å². The van der Waals surface area contributed by atoms with Gasteiger partial charge in [-0.05, 0) is 6.42 Å². The third-order valence-corrected chi connectivity index (χ3v) is 4.68. The lowest BCUT2D eigenvalue weighted by atomic mass is 10.1. The Bertz CT molecular complexity index is 716. The van der Waals surface area contributed by atoms with Gasteiger partial charge < -0.3 is 14.5 Å². The Hall–Kier alpha value is -2.22. The molecule has 0 saturated carbocycles. The predicted octanol–water partition coefficient (Wildman–Crippen LogP) is 0.0484. The van der Waals surface area contributed by atoms with E-state index >= 15 is 0 Å². The van der Waals surface area contributed by atoms with Crippen LogP contribution in [-0.2, 0) is 16.6 Å². The first kappa shape index (κ1) is 14.4. The molecule has 2 aliphatic heterocycles. The van der Waals surface area contributed by atoms with Gasteiger partial charge in [-0.1, -0.05) is 0 Å². The predicted molar refractivity (Wildman–Crippen MR) is 84.0 cm³/mol. The van der Waals surface area contributed by atoms with Crippen molar-refractivity contribution in [3.63, 3.8) is 0 Å². The monoisotopic (exact) mass is 316 g/mol. The van der Waals surface area contributed by atoms with Crippen LogP contribution in [0.4, 0.5) is 5.82 Å². The number of ether oxygens (including phenoxy) is 1. The molecule has 1 amide bonds. The van der Waals surface area contributed by atoms with Gasteiger partial charge in [0.2, 0.25) is 5.91 Å². The number of aryl methyl sites for hydroxylation is 1. The molecule has 0 bridgehead atoms. The van der Waals surface area contributed by atoms with Gasteiger partial charge in [-0.3, -0.25) is 9.48 Å². The first-order chi connectivity index (χ1) is 11.2. The summed E-state index contributed by atoms with van der Waals surface area (Å²) in [4.78, 5) is 25.3. The van der Waals surface area contributed by atoms with Crippen molar-refractivity contribution >= 4 is 22.8 Å². The summed E-state index contributed by atoms with van der Waals surface area (Å²) < 4.78 is 7.08. The van der Waals surface area contributed by atoms with E-state index in [4.69, 9.17) is 4.74 Å². The smallest absolute Gasteiger partial charge is 0.228 e. The Morgan fingerprint density at radius 3 is 2.83 bits per heavy atom. The first-order valence-corrected chi connectivity index (χ1v) is 7.98. The minimum atomic E-state index is 0.0469. The highest BCUT2D eigenvalue weighted by atomic mass is 16.5. The van der Waals surface area contributed by atoms with Crippen LogP contribution in [0.1, 0.15) is 6.42 Å². The van der Waals surface area contributed by atoms with E-state index < -0.39 is 0 Å². The molecule has 1 atom stereocenters. The molecule has 2 aliphatic rings. The first-order valence-electron chi connectivity index (χ1n) is 7.98. The normalized spacial score (nSPS) is 22.0. The maximum atomic E-state index is 12.4. The molecule has 122 valence electrons. The van der Waals surface area contributed by atoms with Crippen molar-refractivity contribution in [2.75, 3.05) is 44.3 Å². The van der Waals surface area contributed by atoms with Crippen LogP contribution in [-0.4, -0.2) is 69.9 Å². The van der Waals surface area contributed by atoms with Gasteiger partial charge in [0.05, 0.1) is 24.1 Å². The Kier molecular flexibility index (Phi) is 3.60. The second-order valence-corrected chi connectivity index (χ2v) is 6.08. The maximum absolute atomic E-state index is 12.4. The summed E-state index contributed by atoms with van der Waals surface area (Å²) in [5, 5.41) is 5.21. The molecule has 2 aromatic rings. The summed E-state index contributed by atoms with van der Waals surface area (Å²) in [7, 11) is 1.87. The topological polar surface area (TPSA) is 76.4 Å². The van der Waals surface area contributed by atoms with Gasteiger partial charge in [0.1, 0.15) is 12.1 Å². The van der Waals surface area contributed by atoms with E-state index in [1.807, 2.05) is 11.9 Å². The second kappa shape index (κ2) is 5.77. The van der Waals surface area contributed by atoms with Crippen LogP contribution in [0.5, 0.6) is 0 Å². The molecular weight excluding hydrogens is 296 g/mol. The van der Waals surface area contributed by atoms with Crippen LogP contribution in [0, 0.1) is 5.92 Å². The largest absolute Gasteiger partial charge is 0.381 e. The molecule has 0 N–H and O–H groups in total. The third kappa shape index (κ3) is 2.52. The number of hydrogen-bond donors (Lipinski definition) is 0. The fraction of sp³-hybridized carbons (Fsp3) is 0.600. The van der Waals surface area contributed by atoms with Crippen molar-refractivity contribution in [1.29, 1.82) is 0 Å². The van der Waals surface area contributed by atoms with E-state index in [1.54, 1.807) is 17.2 Å². The van der Waals surface area contributed by atoms with E-state index in [0.29, 0.717) is 13.2 Å². The summed E-state index contributed by atoms with van der Waals surface area (Å²) in [6.45, 7) is 4.28. The highest BCUT2D eigenvalue weighted by molar-refractivity contribution is 5.87. The third-order valence-electron chi connectivity index (χ3n) is 4.68. The molecular formula is C15H20N6O2. The van der Waals surface area contributed by atoms with Crippen molar-refractivity contribution in [1.82, 2.24) is 24.6 Å². The average Bonchev–Trinajstić information content (AvgIpc) is 3.25. The lowest BCUT2D eigenvalue weighted by Gasteiger charge is -2.36. The number of anilines is 1. The molecule has 0 aromatic carbocycles. The highest BCUT2D eigenvalue weighted by Gasteiger charge is 2.30. The SMILES string of the molecule is Cn1ncc2c(N3CCN(C(=O)C4CCOC4)CC3)ncnc21. The summed E-state index contributed by atoms with van der Waals surface area (Å²) in [6, 6.07) is 0. The summed E-state index contributed by atoms with van der Waals surface area (Å²) in [6.07, 6.45) is 4.23. The van der Waals surface area contributed by atoms with Crippen LogP contribution in [0.2, 0.25) is 0 Å². The fourth-order valence-electron chi connectivity index (χ4n) is 3.33. The zero-order valence-electron chi connectivity index (χ0n) is 13.2. The molecule has 4 heterocycles. The zero-order valence-corrected chi connectivity index (χ0v) is 13.2. The van der Waals surface area contributed by atoms with E-state index in [0.717, 1.165) is 49.5 Å². The van der Waals surface area contributed by atoms with E-state index in [9.17, 15) is 4.79 Å². The second-order valence-electron chi connectivity index (χ2n) is 6.08. The molecule has 2 saturated heterocycles. The number of rotatable bonds is 2. The molecule has 8 heteroatoms. The number of aromatic nitrogens is 4. The van der Waals surface area contributed by atoms with Crippen molar-refractivity contribution in [2.45, 2.75) is 6.42 Å². The molecule has 23 heavy (non-hydrogen) atoms. The van der Waals surface area contributed by atoms with Crippen LogP contribution in [0.3, 0.4) is 0 Å². The molecule has 8 nitrogen and oxygen atoms in total. The molecule has 2 fully saturated rings. The minimum Gasteiger partial charge on any atom is -0.381 e. The number of piperazine rings is 1. The van der Waals surface area contributed by atoms with Crippen molar-refractivity contribution in [3.05, 3.63) is 12.5 Å². The molecule has 4 rings (SSSR count). The van der Waals surface area contributed by atoms with Gasteiger partial charge in [0.25, 0.3) is 0 Å². The van der Waals surface area contributed by atoms with Crippen LogP contribution in [0.15, 0.2) is 12.5 Å². The van der Waals surface area contributed by atoms with Crippen LogP contribution < -0.4 is 4.90 Å². The van der Waals surface area contributed by atoms with Crippen molar-refractivity contribution < 1.29 is 9.53 Å². The van der Waals surface area contributed by atoms with Crippen molar-refractivity contribution in [3.8, 4) is 0 Å². The number of fused-ring (bicyclic) bond motifs is 1. The van der Waals surface area contributed by atoms with Gasteiger partial charge in [-0.15, -0.1) is 0 Å². The number of amides is 1. The zero-order chi connectivity index (χ0) is 15.8. The van der Waals surface area contributed by atoms with E-state index in [2.05, 4.69) is 20.0 Å². The summed E-state index contributed by atoms with van der Waals surface area (Å²) in [5.41, 5.74) is 0.830. The van der Waals surface area contributed by atoms with E-state index in [1.165, 1.54) is 0 Å². The number of carbonyl (C=O) groups excluding carboxylic acids is 1. The lowest BCUT2D eigenvalue weighted by molar-refractivity contribution is -0.135. The molecule has 0 aliphatic carbocycles. The Balaban J connectivity index is 1.47. The molecule has 2 aromatic heterocycles. The average molecular weight is 316 g/mol. The quantitative estimate of drug-likeness (QED) is 0.779. The number of carbonyl (C=O) groups is 1. The lowest BCUT2D eigenvalue weighted by Crippen LogP contribution is -2.50. The van der Waals surface area contributed by atoms with Gasteiger partial charge >= 0.3 is 0 Å². The summed E-state index contributed by atoms with van der Waals surface area (Å²) in [5.74, 6) is 1.18. The summed E-state index contributed by atoms with van der Waals surface area (Å²) >= 11 is 0. The van der Waals surface area contributed by atoms with Crippen molar-refractivity contribution in [2.24, 2.45) is 13.0 Å². The van der Waals surface area contributed by atoms with Gasteiger partial charge in [-0.25, -0.2) is 9.97 Å². The van der Waals surface area contributed by atoms with Gasteiger partial charge in [0.15, 0.2) is 5.65 Å². The number of hydrogen-bond acceptors (Lipinski definition) is 6. The highest BCUT2D eigenvalue weighted by Crippen LogP contribution is 2.24.